The molecular formula is C20H21N3O3. The van der Waals surface area contributed by atoms with Crippen LogP contribution >= 0.6 is 0 Å². The van der Waals surface area contributed by atoms with E-state index in [4.69, 9.17) is 14.7 Å². The lowest BCUT2D eigenvalue weighted by molar-refractivity contribution is -0.119. The number of anilines is 1. The van der Waals surface area contributed by atoms with Gasteiger partial charge in [0.2, 0.25) is 5.91 Å². The zero-order valence-electron chi connectivity index (χ0n) is 14.7. The molecule has 1 aliphatic heterocycles. The van der Waals surface area contributed by atoms with Gasteiger partial charge in [0.25, 0.3) is 0 Å². The van der Waals surface area contributed by atoms with Gasteiger partial charge in [-0.25, -0.2) is 0 Å². The number of carbonyl (C=O) groups excluding carboxylic acids is 1. The molecule has 2 aromatic carbocycles. The van der Waals surface area contributed by atoms with Gasteiger partial charge in [-0.3, -0.25) is 9.69 Å². The Kier molecular flexibility index (Phi) is 5.84. The van der Waals surface area contributed by atoms with Crippen molar-refractivity contribution in [2.45, 2.75) is 13.1 Å². The second-order valence-corrected chi connectivity index (χ2v) is 6.17. The molecule has 0 radical (unpaired) electrons. The van der Waals surface area contributed by atoms with E-state index in [0.29, 0.717) is 18.7 Å². The molecule has 0 atom stereocenters. The number of rotatable bonds is 5. The minimum absolute atomic E-state index is 0.0228. The second-order valence-electron chi connectivity index (χ2n) is 6.17. The minimum atomic E-state index is -0.188. The maximum absolute atomic E-state index is 11.7. The largest absolute Gasteiger partial charge is 0.492 e. The number of carbonyl (C=O) groups is 1. The average molecular weight is 351 g/mol. The Hall–Kier alpha value is -2.88. The van der Waals surface area contributed by atoms with Crippen LogP contribution in [-0.4, -0.2) is 37.7 Å². The van der Waals surface area contributed by atoms with Crippen molar-refractivity contribution in [2.75, 3.05) is 32.2 Å². The number of amides is 1. The molecule has 26 heavy (non-hydrogen) atoms. The van der Waals surface area contributed by atoms with Crippen LogP contribution in [0.4, 0.5) is 5.69 Å². The molecule has 0 aliphatic carbocycles. The molecule has 1 amide bonds. The molecule has 134 valence electrons. The fourth-order valence-corrected chi connectivity index (χ4v) is 2.99. The molecular weight excluding hydrogens is 330 g/mol. The number of nitrogens with one attached hydrogen (secondary N) is 1. The second kappa shape index (κ2) is 8.48. The van der Waals surface area contributed by atoms with Crippen LogP contribution in [0.15, 0.2) is 42.5 Å². The van der Waals surface area contributed by atoms with E-state index in [1.165, 1.54) is 7.11 Å². The molecule has 6 heteroatoms. The van der Waals surface area contributed by atoms with E-state index in [9.17, 15) is 4.79 Å². The van der Waals surface area contributed by atoms with Gasteiger partial charge in [0.1, 0.15) is 19.0 Å². The molecule has 0 fully saturated rings. The molecule has 3 rings (SSSR count). The molecule has 0 bridgehead atoms. The number of hydrogen-bond donors (Lipinski definition) is 1. The Labute approximate surface area is 152 Å². The van der Waals surface area contributed by atoms with Crippen molar-refractivity contribution in [3.63, 3.8) is 0 Å². The molecule has 0 saturated heterocycles. The topological polar surface area (TPSA) is 74.6 Å². The van der Waals surface area contributed by atoms with Crippen molar-refractivity contribution in [2.24, 2.45) is 0 Å². The maximum Gasteiger partial charge on any atom is 0.250 e. The van der Waals surface area contributed by atoms with E-state index in [1.807, 2.05) is 36.4 Å². The molecule has 2 aromatic rings. The number of fused-ring (bicyclic) bond motifs is 1. The first-order valence-corrected chi connectivity index (χ1v) is 8.44. The fraction of sp³-hybridized carbons (Fsp3) is 0.300. The first kappa shape index (κ1) is 17.9. The summed E-state index contributed by atoms with van der Waals surface area (Å²) >= 11 is 0. The normalized spacial score (nSPS) is 13.8. The molecule has 1 aliphatic rings. The summed E-state index contributed by atoms with van der Waals surface area (Å²) in [7, 11) is 1.49. The SMILES string of the molecule is COCC(=O)Nc1ccc2c(c1)CN(Cc1cccc(C#N)c1)CCO2. The van der Waals surface area contributed by atoms with E-state index < -0.39 is 0 Å². The summed E-state index contributed by atoms with van der Waals surface area (Å²) in [6.07, 6.45) is 0. The quantitative estimate of drug-likeness (QED) is 0.896. The summed E-state index contributed by atoms with van der Waals surface area (Å²) in [6.45, 7) is 2.85. The fourth-order valence-electron chi connectivity index (χ4n) is 2.99. The Bertz CT molecular complexity index is 829. The molecule has 0 unspecified atom stereocenters. The van der Waals surface area contributed by atoms with Crippen molar-refractivity contribution in [3.8, 4) is 11.8 Å². The predicted molar refractivity (Wildman–Crippen MR) is 97.7 cm³/mol. The standard InChI is InChI=1S/C20H21N3O3/c1-25-14-20(24)22-18-5-6-19-17(10-18)13-23(7-8-26-19)12-16-4-2-3-15(9-16)11-21/h2-6,9-10H,7-8,12-14H2,1H3,(H,22,24). The highest BCUT2D eigenvalue weighted by Gasteiger charge is 2.17. The highest BCUT2D eigenvalue weighted by atomic mass is 16.5. The summed E-state index contributed by atoms with van der Waals surface area (Å²) in [5.41, 5.74) is 3.51. The zero-order chi connectivity index (χ0) is 18.4. The predicted octanol–water partition coefficient (Wildman–Crippen LogP) is 2.54. The van der Waals surface area contributed by atoms with Crippen molar-refractivity contribution < 1.29 is 14.3 Å². The van der Waals surface area contributed by atoms with Crippen LogP contribution in [0.2, 0.25) is 0 Å². The van der Waals surface area contributed by atoms with Gasteiger partial charge in [-0.05, 0) is 35.9 Å². The van der Waals surface area contributed by atoms with Crippen molar-refractivity contribution in [3.05, 3.63) is 59.2 Å². The third kappa shape index (κ3) is 4.60. The number of hydrogen-bond acceptors (Lipinski definition) is 5. The minimum Gasteiger partial charge on any atom is -0.492 e. The Morgan fingerprint density at radius 3 is 3.04 bits per heavy atom. The summed E-state index contributed by atoms with van der Waals surface area (Å²) in [5, 5.41) is 11.9. The first-order chi connectivity index (χ1) is 12.7. The van der Waals surface area contributed by atoms with Crippen molar-refractivity contribution in [1.29, 1.82) is 5.26 Å². The monoisotopic (exact) mass is 351 g/mol. The summed E-state index contributed by atoms with van der Waals surface area (Å²) in [6, 6.07) is 15.5. The average Bonchev–Trinajstić information content (AvgIpc) is 2.83. The van der Waals surface area contributed by atoms with E-state index >= 15 is 0 Å². The van der Waals surface area contributed by atoms with E-state index in [0.717, 1.165) is 35.7 Å². The van der Waals surface area contributed by atoms with Crippen LogP contribution in [0, 0.1) is 11.3 Å². The smallest absolute Gasteiger partial charge is 0.250 e. The third-order valence-corrected chi connectivity index (χ3v) is 4.14. The summed E-state index contributed by atoms with van der Waals surface area (Å²) in [4.78, 5) is 14.0. The van der Waals surface area contributed by atoms with Crippen molar-refractivity contribution >= 4 is 11.6 Å². The van der Waals surface area contributed by atoms with Gasteiger partial charge in [-0.2, -0.15) is 5.26 Å². The lowest BCUT2D eigenvalue weighted by Gasteiger charge is -2.19. The molecule has 6 nitrogen and oxygen atoms in total. The Morgan fingerprint density at radius 2 is 2.23 bits per heavy atom. The van der Waals surface area contributed by atoms with Crippen molar-refractivity contribution in [1.82, 2.24) is 4.90 Å². The van der Waals surface area contributed by atoms with E-state index in [1.54, 1.807) is 6.07 Å². The van der Waals surface area contributed by atoms with Crippen LogP contribution in [0.25, 0.3) is 0 Å². The van der Waals surface area contributed by atoms with Crippen LogP contribution < -0.4 is 10.1 Å². The number of benzene rings is 2. The molecule has 0 spiro atoms. The number of nitrogens with zero attached hydrogens (tertiary/aromatic N) is 2. The van der Waals surface area contributed by atoms with Gasteiger partial charge in [-0.1, -0.05) is 12.1 Å². The molecule has 0 aromatic heterocycles. The lowest BCUT2D eigenvalue weighted by Crippen LogP contribution is -2.25. The van der Waals surface area contributed by atoms with Gasteiger partial charge in [0.15, 0.2) is 0 Å². The van der Waals surface area contributed by atoms with Crippen LogP contribution in [0.3, 0.4) is 0 Å². The first-order valence-electron chi connectivity index (χ1n) is 8.44. The Balaban J connectivity index is 1.73. The maximum atomic E-state index is 11.7. The van der Waals surface area contributed by atoms with Crippen LogP contribution in [-0.2, 0) is 22.6 Å². The van der Waals surface area contributed by atoms with Gasteiger partial charge in [0.05, 0.1) is 11.6 Å². The highest BCUT2D eigenvalue weighted by Crippen LogP contribution is 2.27. The molecule has 1 heterocycles. The zero-order valence-corrected chi connectivity index (χ0v) is 14.7. The van der Waals surface area contributed by atoms with Crippen LogP contribution in [0.5, 0.6) is 5.75 Å². The lowest BCUT2D eigenvalue weighted by atomic mass is 10.1. The van der Waals surface area contributed by atoms with Crippen LogP contribution in [0.1, 0.15) is 16.7 Å². The number of methoxy groups -OCH3 is 1. The van der Waals surface area contributed by atoms with Gasteiger partial charge >= 0.3 is 0 Å². The van der Waals surface area contributed by atoms with Gasteiger partial charge < -0.3 is 14.8 Å². The van der Waals surface area contributed by atoms with Gasteiger partial charge in [0, 0.05) is 38.0 Å². The van der Waals surface area contributed by atoms with Gasteiger partial charge in [-0.15, -0.1) is 0 Å². The Morgan fingerprint density at radius 1 is 1.35 bits per heavy atom. The number of ether oxygens (including phenoxy) is 2. The summed E-state index contributed by atoms with van der Waals surface area (Å²) in [5.74, 6) is 0.648. The number of nitriles is 1. The molecule has 1 N–H and O–H groups in total. The molecule has 0 saturated carbocycles. The highest BCUT2D eigenvalue weighted by molar-refractivity contribution is 5.91. The third-order valence-electron chi connectivity index (χ3n) is 4.14. The van der Waals surface area contributed by atoms with E-state index in [2.05, 4.69) is 16.3 Å². The summed E-state index contributed by atoms with van der Waals surface area (Å²) < 4.78 is 10.7. The van der Waals surface area contributed by atoms with E-state index in [-0.39, 0.29) is 12.5 Å².